The van der Waals surface area contributed by atoms with Crippen molar-refractivity contribution in [3.63, 3.8) is 0 Å². The lowest BCUT2D eigenvalue weighted by atomic mass is 10.0. The Morgan fingerprint density at radius 2 is 1.79 bits per heavy atom. The second-order valence-electron chi connectivity index (χ2n) is 3.47. The molecular formula is C11H20N2O. The standard InChI is InChI=1S/C11H20N2O/c1-5-7-13(8-6-2)11(14)9(3)10(4)12/h5-6,9-10H,1-2,7-8,12H2,3-4H3. The predicted molar refractivity (Wildman–Crippen MR) is 59.8 cm³/mol. The van der Waals surface area contributed by atoms with Crippen molar-refractivity contribution in [2.24, 2.45) is 11.7 Å². The van der Waals surface area contributed by atoms with Gasteiger partial charge in [-0.15, -0.1) is 13.2 Å². The largest absolute Gasteiger partial charge is 0.335 e. The maximum absolute atomic E-state index is 11.8. The summed E-state index contributed by atoms with van der Waals surface area (Å²) in [6, 6.07) is -0.125. The third-order valence-electron chi connectivity index (χ3n) is 2.19. The first kappa shape index (κ1) is 12.9. The van der Waals surface area contributed by atoms with E-state index in [2.05, 4.69) is 13.2 Å². The van der Waals surface area contributed by atoms with Gasteiger partial charge in [0.2, 0.25) is 5.91 Å². The van der Waals surface area contributed by atoms with Gasteiger partial charge in [-0.3, -0.25) is 4.79 Å². The van der Waals surface area contributed by atoms with Crippen molar-refractivity contribution in [1.82, 2.24) is 4.90 Å². The van der Waals surface area contributed by atoms with Gasteiger partial charge < -0.3 is 10.6 Å². The van der Waals surface area contributed by atoms with Gasteiger partial charge in [0, 0.05) is 19.1 Å². The van der Waals surface area contributed by atoms with Crippen LogP contribution in [0, 0.1) is 5.92 Å². The smallest absolute Gasteiger partial charge is 0.227 e. The summed E-state index contributed by atoms with van der Waals surface area (Å²) in [7, 11) is 0. The van der Waals surface area contributed by atoms with Crippen molar-refractivity contribution in [3.8, 4) is 0 Å². The number of carbonyl (C=O) groups excluding carboxylic acids is 1. The van der Waals surface area contributed by atoms with Gasteiger partial charge in [-0.05, 0) is 6.92 Å². The Labute approximate surface area is 86.3 Å². The molecule has 0 radical (unpaired) electrons. The number of hydrogen-bond acceptors (Lipinski definition) is 2. The van der Waals surface area contributed by atoms with Gasteiger partial charge in [0.05, 0.1) is 5.92 Å². The van der Waals surface area contributed by atoms with Gasteiger partial charge in [0.25, 0.3) is 0 Å². The van der Waals surface area contributed by atoms with Crippen LogP contribution in [0.3, 0.4) is 0 Å². The maximum atomic E-state index is 11.8. The first-order chi connectivity index (χ1) is 6.54. The zero-order valence-electron chi connectivity index (χ0n) is 9.07. The van der Waals surface area contributed by atoms with E-state index in [1.165, 1.54) is 0 Å². The lowest BCUT2D eigenvalue weighted by Crippen LogP contribution is -2.41. The molecule has 0 bridgehead atoms. The molecule has 0 saturated carbocycles. The van der Waals surface area contributed by atoms with Crippen LogP contribution in [0.4, 0.5) is 0 Å². The van der Waals surface area contributed by atoms with Gasteiger partial charge in [-0.25, -0.2) is 0 Å². The van der Waals surface area contributed by atoms with Gasteiger partial charge in [0.15, 0.2) is 0 Å². The average molecular weight is 196 g/mol. The van der Waals surface area contributed by atoms with Crippen LogP contribution in [0.1, 0.15) is 13.8 Å². The molecule has 2 N–H and O–H groups in total. The second-order valence-corrected chi connectivity index (χ2v) is 3.47. The van der Waals surface area contributed by atoms with E-state index in [1.54, 1.807) is 17.1 Å². The Balaban J connectivity index is 4.40. The van der Waals surface area contributed by atoms with E-state index in [0.717, 1.165) is 0 Å². The van der Waals surface area contributed by atoms with Crippen LogP contribution in [0.5, 0.6) is 0 Å². The van der Waals surface area contributed by atoms with E-state index in [-0.39, 0.29) is 17.9 Å². The van der Waals surface area contributed by atoms with Crippen molar-refractivity contribution >= 4 is 5.91 Å². The Hall–Kier alpha value is -1.09. The summed E-state index contributed by atoms with van der Waals surface area (Å²) in [5, 5.41) is 0. The minimum atomic E-state index is -0.158. The van der Waals surface area contributed by atoms with Crippen LogP contribution < -0.4 is 5.73 Å². The van der Waals surface area contributed by atoms with E-state index >= 15 is 0 Å². The average Bonchev–Trinajstić information content (AvgIpc) is 2.15. The topological polar surface area (TPSA) is 46.3 Å². The highest BCUT2D eigenvalue weighted by Crippen LogP contribution is 2.06. The Morgan fingerprint density at radius 3 is 2.07 bits per heavy atom. The molecule has 0 aromatic rings. The third kappa shape index (κ3) is 3.75. The number of amides is 1. The van der Waals surface area contributed by atoms with E-state index in [1.807, 2.05) is 13.8 Å². The Morgan fingerprint density at radius 1 is 1.36 bits per heavy atom. The Kier molecular flexibility index (Phi) is 5.88. The molecule has 2 unspecified atom stereocenters. The van der Waals surface area contributed by atoms with Crippen LogP contribution in [0.2, 0.25) is 0 Å². The summed E-state index contributed by atoms with van der Waals surface area (Å²) in [4.78, 5) is 13.5. The molecule has 0 heterocycles. The molecule has 0 saturated heterocycles. The maximum Gasteiger partial charge on any atom is 0.227 e. The highest BCUT2D eigenvalue weighted by Gasteiger charge is 2.21. The molecule has 80 valence electrons. The fraction of sp³-hybridized carbons (Fsp3) is 0.545. The second kappa shape index (κ2) is 6.38. The quantitative estimate of drug-likeness (QED) is 0.648. The summed E-state index contributed by atoms with van der Waals surface area (Å²) in [6.45, 7) is 12.0. The van der Waals surface area contributed by atoms with Crippen LogP contribution >= 0.6 is 0 Å². The van der Waals surface area contributed by atoms with Gasteiger partial charge >= 0.3 is 0 Å². The van der Waals surface area contributed by atoms with E-state index in [4.69, 9.17) is 5.73 Å². The summed E-state index contributed by atoms with van der Waals surface area (Å²) >= 11 is 0. The molecule has 0 rings (SSSR count). The number of nitrogens with zero attached hydrogens (tertiary/aromatic N) is 1. The summed E-state index contributed by atoms with van der Waals surface area (Å²) in [6.07, 6.45) is 3.41. The number of nitrogens with two attached hydrogens (primary N) is 1. The zero-order chi connectivity index (χ0) is 11.1. The normalized spacial score (nSPS) is 14.2. The van der Waals surface area contributed by atoms with E-state index in [9.17, 15) is 4.79 Å². The van der Waals surface area contributed by atoms with Crippen molar-refractivity contribution in [2.75, 3.05) is 13.1 Å². The lowest BCUT2D eigenvalue weighted by Gasteiger charge is -2.25. The lowest BCUT2D eigenvalue weighted by molar-refractivity contribution is -0.134. The predicted octanol–water partition coefficient (Wildman–Crippen LogP) is 1.17. The molecule has 14 heavy (non-hydrogen) atoms. The first-order valence-corrected chi connectivity index (χ1v) is 4.80. The van der Waals surface area contributed by atoms with Crippen molar-refractivity contribution in [1.29, 1.82) is 0 Å². The van der Waals surface area contributed by atoms with Crippen LogP contribution in [0.25, 0.3) is 0 Å². The highest BCUT2D eigenvalue weighted by atomic mass is 16.2. The molecule has 3 heteroatoms. The van der Waals surface area contributed by atoms with Crippen molar-refractivity contribution < 1.29 is 4.79 Å². The van der Waals surface area contributed by atoms with Gasteiger partial charge in [-0.2, -0.15) is 0 Å². The Bertz CT molecular complexity index is 201. The summed E-state index contributed by atoms with van der Waals surface area (Å²) in [5.74, 6) is -0.102. The monoisotopic (exact) mass is 196 g/mol. The first-order valence-electron chi connectivity index (χ1n) is 4.80. The van der Waals surface area contributed by atoms with Crippen molar-refractivity contribution in [2.45, 2.75) is 19.9 Å². The van der Waals surface area contributed by atoms with Crippen LogP contribution in [-0.4, -0.2) is 29.9 Å². The van der Waals surface area contributed by atoms with Crippen LogP contribution in [-0.2, 0) is 4.79 Å². The van der Waals surface area contributed by atoms with E-state index in [0.29, 0.717) is 13.1 Å². The molecule has 3 nitrogen and oxygen atoms in total. The number of hydrogen-bond donors (Lipinski definition) is 1. The minimum Gasteiger partial charge on any atom is -0.335 e. The molecule has 0 spiro atoms. The number of carbonyl (C=O) groups is 1. The highest BCUT2D eigenvalue weighted by molar-refractivity contribution is 5.79. The zero-order valence-corrected chi connectivity index (χ0v) is 9.07. The minimum absolute atomic E-state index is 0.0554. The SMILES string of the molecule is C=CCN(CC=C)C(=O)C(C)C(C)N. The van der Waals surface area contributed by atoms with Crippen molar-refractivity contribution in [3.05, 3.63) is 25.3 Å². The molecule has 0 aliphatic heterocycles. The summed E-state index contributed by atoms with van der Waals surface area (Å²) in [5.41, 5.74) is 5.67. The molecule has 0 aromatic carbocycles. The molecule has 0 aliphatic carbocycles. The van der Waals surface area contributed by atoms with Gasteiger partial charge in [0.1, 0.15) is 0 Å². The van der Waals surface area contributed by atoms with Crippen LogP contribution in [0.15, 0.2) is 25.3 Å². The molecular weight excluding hydrogens is 176 g/mol. The molecule has 0 aromatic heterocycles. The fourth-order valence-electron chi connectivity index (χ4n) is 1.08. The molecule has 0 aliphatic rings. The fourth-order valence-corrected chi connectivity index (χ4v) is 1.08. The molecule has 2 atom stereocenters. The molecule has 0 fully saturated rings. The van der Waals surface area contributed by atoms with Gasteiger partial charge in [-0.1, -0.05) is 19.1 Å². The number of rotatable bonds is 6. The summed E-state index contributed by atoms with van der Waals surface area (Å²) < 4.78 is 0. The van der Waals surface area contributed by atoms with E-state index < -0.39 is 0 Å². The molecule has 1 amide bonds. The third-order valence-corrected chi connectivity index (χ3v) is 2.19.